The smallest absolute Gasteiger partial charge is 0.151 e. The van der Waals surface area contributed by atoms with Gasteiger partial charge in [-0.25, -0.2) is 8.42 Å². The minimum absolute atomic E-state index is 0.0878. The molecule has 154 valence electrons. The SMILES string of the molecule is CCn1nc(-c2cccnc2)cc1C1[C@H]2CC(N3CCC4(C3)CS(=O)(=O)C4)C[C@@H]12. The van der Waals surface area contributed by atoms with Gasteiger partial charge in [0.25, 0.3) is 0 Å². The van der Waals surface area contributed by atoms with Crippen molar-refractivity contribution < 1.29 is 8.42 Å². The molecular formula is C22H28N4O2S. The van der Waals surface area contributed by atoms with Crippen LogP contribution >= 0.6 is 0 Å². The Hall–Kier alpha value is -1.73. The Labute approximate surface area is 172 Å². The Balaban J connectivity index is 1.14. The standard InChI is InChI=1S/C22H28N4O2S/c1-2-26-20(10-19(24-26)15-4-3-6-23-11-15)21-17-8-16(9-18(17)21)25-7-5-22(12-25)13-29(27,28)14-22/h3-4,6,10-11,16-18,21H,2,5,7-9,12-14H2,1H3/t16?,17-,18+,21?. The second-order valence-electron chi connectivity index (χ2n) is 9.74. The molecule has 29 heavy (non-hydrogen) atoms. The van der Waals surface area contributed by atoms with Crippen molar-refractivity contribution in [3.63, 3.8) is 0 Å². The fourth-order valence-corrected chi connectivity index (χ4v) is 8.82. The van der Waals surface area contributed by atoms with Gasteiger partial charge in [0.05, 0.1) is 17.2 Å². The van der Waals surface area contributed by atoms with Gasteiger partial charge in [-0.05, 0) is 62.8 Å². The number of rotatable bonds is 4. The molecule has 4 aliphatic rings. The molecule has 4 fully saturated rings. The first-order valence-electron chi connectivity index (χ1n) is 10.9. The predicted molar refractivity (Wildman–Crippen MR) is 111 cm³/mol. The molecule has 2 aliphatic carbocycles. The van der Waals surface area contributed by atoms with Gasteiger partial charge < -0.3 is 0 Å². The van der Waals surface area contributed by atoms with Crippen molar-refractivity contribution in [3.8, 4) is 11.3 Å². The molecule has 6 nitrogen and oxygen atoms in total. The Morgan fingerprint density at radius 1 is 1.24 bits per heavy atom. The lowest BCUT2D eigenvalue weighted by atomic mass is 9.91. The van der Waals surface area contributed by atoms with Gasteiger partial charge in [-0.15, -0.1) is 0 Å². The number of pyridine rings is 1. The van der Waals surface area contributed by atoms with Gasteiger partial charge in [0, 0.05) is 54.1 Å². The van der Waals surface area contributed by atoms with Crippen LogP contribution in [0.2, 0.25) is 0 Å². The van der Waals surface area contributed by atoms with Crippen LogP contribution in [-0.4, -0.2) is 58.7 Å². The summed E-state index contributed by atoms with van der Waals surface area (Å²) in [5.74, 6) is 3.03. The molecule has 0 bridgehead atoms. The first kappa shape index (κ1) is 18.1. The summed E-state index contributed by atoms with van der Waals surface area (Å²) in [7, 11) is -2.74. The number of aromatic nitrogens is 3. The summed E-state index contributed by atoms with van der Waals surface area (Å²) in [6, 6.07) is 6.97. The van der Waals surface area contributed by atoms with Crippen LogP contribution in [0.25, 0.3) is 11.3 Å². The number of hydrogen-bond acceptors (Lipinski definition) is 5. The van der Waals surface area contributed by atoms with E-state index in [4.69, 9.17) is 5.10 Å². The third kappa shape index (κ3) is 2.88. The highest BCUT2D eigenvalue weighted by Crippen LogP contribution is 2.64. The van der Waals surface area contributed by atoms with Crippen molar-refractivity contribution in [2.45, 2.75) is 44.7 Å². The zero-order valence-electron chi connectivity index (χ0n) is 16.9. The van der Waals surface area contributed by atoms with Gasteiger partial charge in [0.1, 0.15) is 0 Å². The zero-order valence-corrected chi connectivity index (χ0v) is 17.7. The summed E-state index contributed by atoms with van der Waals surface area (Å²) >= 11 is 0. The van der Waals surface area contributed by atoms with Gasteiger partial charge >= 0.3 is 0 Å². The van der Waals surface area contributed by atoms with E-state index >= 15 is 0 Å². The van der Waals surface area contributed by atoms with E-state index in [9.17, 15) is 8.42 Å². The average Bonchev–Trinajstić information content (AvgIpc) is 3.13. The Bertz CT molecular complexity index is 1020. The molecule has 0 amide bonds. The lowest BCUT2D eigenvalue weighted by molar-refractivity contribution is 0.201. The average molecular weight is 413 g/mol. The van der Waals surface area contributed by atoms with Gasteiger partial charge in [-0.1, -0.05) is 0 Å². The Morgan fingerprint density at radius 2 is 2.03 bits per heavy atom. The minimum atomic E-state index is -2.74. The van der Waals surface area contributed by atoms with Gasteiger partial charge in [0.2, 0.25) is 0 Å². The minimum Gasteiger partial charge on any atom is -0.300 e. The van der Waals surface area contributed by atoms with E-state index in [1.165, 1.54) is 18.5 Å². The molecule has 7 heteroatoms. The van der Waals surface area contributed by atoms with Crippen LogP contribution in [0.15, 0.2) is 30.6 Å². The molecule has 0 radical (unpaired) electrons. The van der Waals surface area contributed by atoms with E-state index < -0.39 is 9.84 Å². The van der Waals surface area contributed by atoms with E-state index in [0.29, 0.717) is 23.5 Å². The van der Waals surface area contributed by atoms with Crippen molar-refractivity contribution in [1.82, 2.24) is 19.7 Å². The molecule has 6 rings (SSSR count). The van der Waals surface area contributed by atoms with E-state index in [0.717, 1.165) is 49.1 Å². The summed E-state index contributed by atoms with van der Waals surface area (Å²) in [5, 5.41) is 4.84. The summed E-state index contributed by atoms with van der Waals surface area (Å²) in [4.78, 5) is 6.84. The summed E-state index contributed by atoms with van der Waals surface area (Å²) < 4.78 is 25.5. The molecule has 2 aromatic heterocycles. The molecule has 4 heterocycles. The molecule has 2 aromatic rings. The fourth-order valence-electron chi connectivity index (χ4n) is 6.57. The van der Waals surface area contributed by atoms with E-state index in [1.54, 1.807) is 6.20 Å². The highest BCUT2D eigenvalue weighted by atomic mass is 32.2. The van der Waals surface area contributed by atoms with E-state index in [1.807, 2.05) is 12.3 Å². The molecule has 2 saturated heterocycles. The van der Waals surface area contributed by atoms with Crippen molar-refractivity contribution in [2.24, 2.45) is 17.3 Å². The maximum absolute atomic E-state index is 11.7. The molecule has 0 aromatic carbocycles. The maximum atomic E-state index is 11.7. The largest absolute Gasteiger partial charge is 0.300 e. The van der Waals surface area contributed by atoms with E-state index in [2.05, 4.69) is 33.6 Å². The van der Waals surface area contributed by atoms with E-state index in [-0.39, 0.29) is 5.41 Å². The van der Waals surface area contributed by atoms with Crippen molar-refractivity contribution in [2.75, 3.05) is 24.6 Å². The number of aryl methyl sites for hydroxylation is 1. The lowest BCUT2D eigenvalue weighted by Crippen LogP contribution is -2.50. The molecule has 2 saturated carbocycles. The zero-order chi connectivity index (χ0) is 19.8. The molecule has 1 spiro atoms. The third-order valence-corrected chi connectivity index (χ3v) is 9.97. The van der Waals surface area contributed by atoms with Crippen molar-refractivity contribution in [3.05, 3.63) is 36.3 Å². The highest BCUT2D eigenvalue weighted by Gasteiger charge is 2.60. The fraction of sp³-hybridized carbons (Fsp3) is 0.636. The van der Waals surface area contributed by atoms with Crippen molar-refractivity contribution in [1.29, 1.82) is 0 Å². The van der Waals surface area contributed by atoms with Crippen LogP contribution in [0.1, 0.15) is 37.8 Å². The first-order chi connectivity index (χ1) is 14.0. The van der Waals surface area contributed by atoms with Crippen molar-refractivity contribution >= 4 is 9.84 Å². The quantitative estimate of drug-likeness (QED) is 0.772. The number of likely N-dealkylation sites (tertiary alicyclic amines) is 1. The number of hydrogen-bond donors (Lipinski definition) is 0. The van der Waals surface area contributed by atoms with Crippen LogP contribution < -0.4 is 0 Å². The monoisotopic (exact) mass is 412 g/mol. The third-order valence-electron chi connectivity index (χ3n) is 7.87. The van der Waals surface area contributed by atoms with Crippen LogP contribution in [0.3, 0.4) is 0 Å². The molecule has 2 aliphatic heterocycles. The van der Waals surface area contributed by atoms with Crippen LogP contribution in [0.5, 0.6) is 0 Å². The maximum Gasteiger partial charge on any atom is 0.151 e. The van der Waals surface area contributed by atoms with Gasteiger partial charge in [0.15, 0.2) is 9.84 Å². The second-order valence-corrected chi connectivity index (χ2v) is 11.8. The molecule has 0 N–H and O–H groups in total. The van der Waals surface area contributed by atoms with Crippen LogP contribution in [0, 0.1) is 17.3 Å². The number of nitrogens with zero attached hydrogens (tertiary/aromatic N) is 4. The Morgan fingerprint density at radius 3 is 2.69 bits per heavy atom. The molecule has 2 unspecified atom stereocenters. The Kier molecular flexibility index (Phi) is 3.83. The highest BCUT2D eigenvalue weighted by molar-refractivity contribution is 7.92. The molecule has 4 atom stereocenters. The summed E-state index contributed by atoms with van der Waals surface area (Å²) in [6.45, 7) is 5.15. The lowest BCUT2D eigenvalue weighted by Gasteiger charge is -2.38. The van der Waals surface area contributed by atoms with Crippen LogP contribution in [-0.2, 0) is 16.4 Å². The molecular weight excluding hydrogens is 384 g/mol. The summed E-state index contributed by atoms with van der Waals surface area (Å²) in [6.07, 6.45) is 7.27. The number of sulfone groups is 1. The predicted octanol–water partition coefficient (Wildman–Crippen LogP) is 2.58. The first-order valence-corrected chi connectivity index (χ1v) is 12.7. The summed E-state index contributed by atoms with van der Waals surface area (Å²) in [5.41, 5.74) is 3.60. The second kappa shape index (κ2) is 6.14. The van der Waals surface area contributed by atoms with Gasteiger partial charge in [-0.2, -0.15) is 5.10 Å². The van der Waals surface area contributed by atoms with Gasteiger partial charge in [-0.3, -0.25) is 14.6 Å². The normalized spacial score (nSPS) is 34.2. The van der Waals surface area contributed by atoms with Crippen LogP contribution in [0.4, 0.5) is 0 Å². The topological polar surface area (TPSA) is 68.1 Å². The number of fused-ring (bicyclic) bond motifs is 1.